The summed E-state index contributed by atoms with van der Waals surface area (Å²) in [4.78, 5) is 39.8. The van der Waals surface area contributed by atoms with Crippen molar-refractivity contribution in [1.82, 2.24) is 10.3 Å². The highest BCUT2D eigenvalue weighted by Crippen LogP contribution is 2.22. The minimum absolute atomic E-state index is 0.00913. The molecule has 0 bridgehead atoms. The number of nitrogens with one attached hydrogen (secondary N) is 3. The summed E-state index contributed by atoms with van der Waals surface area (Å²) in [6, 6.07) is 6.71. The summed E-state index contributed by atoms with van der Waals surface area (Å²) in [5.41, 5.74) is 1.92. The van der Waals surface area contributed by atoms with Gasteiger partial charge in [0.05, 0.1) is 10.6 Å². The van der Waals surface area contributed by atoms with Crippen molar-refractivity contribution < 1.29 is 14.4 Å². The van der Waals surface area contributed by atoms with Gasteiger partial charge in [0.1, 0.15) is 0 Å². The van der Waals surface area contributed by atoms with Crippen molar-refractivity contribution in [2.75, 3.05) is 24.2 Å². The van der Waals surface area contributed by atoms with Gasteiger partial charge in [-0.1, -0.05) is 11.3 Å². The first kappa shape index (κ1) is 19.6. The van der Waals surface area contributed by atoms with E-state index in [-0.39, 0.29) is 17.6 Å². The van der Waals surface area contributed by atoms with Crippen LogP contribution in [0.15, 0.2) is 24.3 Å². The summed E-state index contributed by atoms with van der Waals surface area (Å²) in [6.07, 6.45) is 0.990. The second-order valence-electron chi connectivity index (χ2n) is 5.72. The second kappa shape index (κ2) is 9.10. The molecular weight excluding hydrogens is 352 g/mol. The lowest BCUT2D eigenvalue weighted by Crippen LogP contribution is -2.18. The molecule has 26 heavy (non-hydrogen) atoms. The van der Waals surface area contributed by atoms with E-state index < -0.39 is 0 Å². The maximum absolute atomic E-state index is 12.0. The van der Waals surface area contributed by atoms with Crippen molar-refractivity contribution >= 4 is 39.8 Å². The zero-order valence-corrected chi connectivity index (χ0v) is 15.8. The number of carbonyl (C=O) groups is 3. The van der Waals surface area contributed by atoms with Crippen molar-refractivity contribution in [3.63, 3.8) is 0 Å². The van der Waals surface area contributed by atoms with Crippen molar-refractivity contribution in [2.24, 2.45) is 0 Å². The number of rotatable bonds is 8. The second-order valence-corrected chi connectivity index (χ2v) is 6.72. The van der Waals surface area contributed by atoms with Crippen LogP contribution in [0.3, 0.4) is 0 Å². The average Bonchev–Trinajstić information content (AvgIpc) is 2.99. The van der Waals surface area contributed by atoms with Crippen LogP contribution in [0.25, 0.3) is 0 Å². The first-order valence-electron chi connectivity index (χ1n) is 8.25. The number of hydrogen-bond donors (Lipinski definition) is 3. The maximum atomic E-state index is 12.0. The smallest absolute Gasteiger partial charge is 0.251 e. The number of benzene rings is 1. The number of thiazole rings is 1. The van der Waals surface area contributed by atoms with E-state index in [4.69, 9.17) is 0 Å². The molecule has 0 unspecified atom stereocenters. The summed E-state index contributed by atoms with van der Waals surface area (Å²) >= 11 is 1.33. The van der Waals surface area contributed by atoms with Gasteiger partial charge in [0.15, 0.2) is 10.9 Å². The van der Waals surface area contributed by atoms with Crippen LogP contribution >= 0.6 is 11.3 Å². The highest BCUT2D eigenvalue weighted by atomic mass is 32.1. The van der Waals surface area contributed by atoms with Gasteiger partial charge in [-0.05, 0) is 37.6 Å². The van der Waals surface area contributed by atoms with E-state index in [0.29, 0.717) is 40.6 Å². The first-order chi connectivity index (χ1) is 12.4. The molecular formula is C18H22N4O3S. The molecule has 2 amide bonds. The largest absolute Gasteiger partial charge is 0.361 e. The molecule has 2 aromatic rings. The topological polar surface area (TPSA) is 100 Å². The fourth-order valence-corrected chi connectivity index (χ4v) is 3.20. The van der Waals surface area contributed by atoms with Crippen LogP contribution in [0.5, 0.6) is 0 Å². The van der Waals surface area contributed by atoms with Gasteiger partial charge in [-0.25, -0.2) is 4.98 Å². The van der Waals surface area contributed by atoms with E-state index in [2.05, 4.69) is 20.9 Å². The van der Waals surface area contributed by atoms with E-state index in [1.54, 1.807) is 38.2 Å². The number of aryl methyl sites for hydroxylation is 1. The standard InChI is InChI=1S/C18H22N4O3S/c1-11-16(12(2)23)26-18(21-11)20-10-4-5-15(24)22-14-8-6-13(7-9-14)17(25)19-3/h6-9H,4-5,10H2,1-3H3,(H,19,25)(H,20,21)(H,22,24). The molecule has 0 aliphatic rings. The molecule has 2 rings (SSSR count). The highest BCUT2D eigenvalue weighted by Gasteiger charge is 2.11. The van der Waals surface area contributed by atoms with Crippen LogP contribution in [0.4, 0.5) is 10.8 Å². The Labute approximate surface area is 156 Å². The minimum Gasteiger partial charge on any atom is -0.361 e. The van der Waals surface area contributed by atoms with Gasteiger partial charge < -0.3 is 16.0 Å². The van der Waals surface area contributed by atoms with E-state index >= 15 is 0 Å². The van der Waals surface area contributed by atoms with Gasteiger partial charge in [-0.15, -0.1) is 0 Å². The molecule has 0 spiro atoms. The monoisotopic (exact) mass is 374 g/mol. The van der Waals surface area contributed by atoms with Crippen molar-refractivity contribution in [1.29, 1.82) is 0 Å². The molecule has 1 heterocycles. The number of aromatic nitrogens is 1. The van der Waals surface area contributed by atoms with Gasteiger partial charge in [0.25, 0.3) is 5.91 Å². The molecule has 138 valence electrons. The fourth-order valence-electron chi connectivity index (χ4n) is 2.32. The zero-order chi connectivity index (χ0) is 19.1. The van der Waals surface area contributed by atoms with Gasteiger partial charge in [-0.2, -0.15) is 0 Å². The summed E-state index contributed by atoms with van der Waals surface area (Å²) in [5, 5.41) is 9.17. The van der Waals surface area contributed by atoms with Gasteiger partial charge >= 0.3 is 0 Å². The van der Waals surface area contributed by atoms with E-state index in [0.717, 1.165) is 5.69 Å². The third kappa shape index (κ3) is 5.38. The molecule has 1 aromatic heterocycles. The molecule has 0 aliphatic carbocycles. The number of hydrogen-bond acceptors (Lipinski definition) is 6. The molecule has 0 aliphatic heterocycles. The van der Waals surface area contributed by atoms with Crippen LogP contribution in [0.1, 0.15) is 45.5 Å². The lowest BCUT2D eigenvalue weighted by atomic mass is 10.2. The molecule has 3 N–H and O–H groups in total. The third-order valence-corrected chi connectivity index (χ3v) is 4.85. The van der Waals surface area contributed by atoms with Crippen LogP contribution in [0, 0.1) is 6.92 Å². The number of carbonyl (C=O) groups excluding carboxylic acids is 3. The Kier molecular flexibility index (Phi) is 6.85. The predicted octanol–water partition coefficient (Wildman–Crippen LogP) is 2.84. The molecule has 7 nitrogen and oxygen atoms in total. The van der Waals surface area contributed by atoms with Gasteiger partial charge in [0.2, 0.25) is 5.91 Å². The quantitative estimate of drug-likeness (QED) is 0.487. The van der Waals surface area contributed by atoms with E-state index in [1.807, 2.05) is 0 Å². The number of amides is 2. The maximum Gasteiger partial charge on any atom is 0.251 e. The van der Waals surface area contributed by atoms with Crippen LogP contribution in [-0.4, -0.2) is 36.2 Å². The van der Waals surface area contributed by atoms with Crippen LogP contribution in [0.2, 0.25) is 0 Å². The first-order valence-corrected chi connectivity index (χ1v) is 9.06. The minimum atomic E-state index is -0.167. The molecule has 0 fully saturated rings. The Bertz CT molecular complexity index is 799. The van der Waals surface area contributed by atoms with Crippen molar-refractivity contribution in [3.8, 4) is 0 Å². The summed E-state index contributed by atoms with van der Waals surface area (Å²) < 4.78 is 0. The number of ketones is 1. The Balaban J connectivity index is 1.74. The SMILES string of the molecule is CNC(=O)c1ccc(NC(=O)CCCNc2nc(C)c(C(C)=O)s2)cc1. The fraction of sp³-hybridized carbons (Fsp3) is 0.333. The van der Waals surface area contributed by atoms with Crippen LogP contribution < -0.4 is 16.0 Å². The lowest BCUT2D eigenvalue weighted by Gasteiger charge is -2.07. The summed E-state index contributed by atoms with van der Waals surface area (Å²) in [5.74, 6) is -0.256. The van der Waals surface area contributed by atoms with Crippen LogP contribution in [-0.2, 0) is 4.79 Å². The molecule has 0 saturated heterocycles. The number of anilines is 2. The Morgan fingerprint density at radius 2 is 1.85 bits per heavy atom. The number of Topliss-reactive ketones (excluding diaryl/α,β-unsaturated/α-hetero) is 1. The summed E-state index contributed by atoms with van der Waals surface area (Å²) in [6.45, 7) is 3.92. The Morgan fingerprint density at radius 3 is 2.42 bits per heavy atom. The molecule has 0 radical (unpaired) electrons. The highest BCUT2D eigenvalue weighted by molar-refractivity contribution is 7.17. The predicted molar refractivity (Wildman–Crippen MR) is 103 cm³/mol. The van der Waals surface area contributed by atoms with Gasteiger partial charge in [-0.3, -0.25) is 14.4 Å². The molecule has 0 atom stereocenters. The lowest BCUT2D eigenvalue weighted by molar-refractivity contribution is -0.116. The zero-order valence-electron chi connectivity index (χ0n) is 15.0. The number of nitrogens with zero attached hydrogens (tertiary/aromatic N) is 1. The van der Waals surface area contributed by atoms with E-state index in [1.165, 1.54) is 18.3 Å². The summed E-state index contributed by atoms with van der Waals surface area (Å²) in [7, 11) is 1.57. The molecule has 8 heteroatoms. The van der Waals surface area contributed by atoms with Gasteiger partial charge in [0, 0.05) is 38.2 Å². The Morgan fingerprint density at radius 1 is 1.15 bits per heavy atom. The molecule has 0 saturated carbocycles. The average molecular weight is 374 g/mol. The van der Waals surface area contributed by atoms with E-state index in [9.17, 15) is 14.4 Å². The third-order valence-electron chi connectivity index (χ3n) is 3.63. The van der Waals surface area contributed by atoms with Crippen molar-refractivity contribution in [3.05, 3.63) is 40.4 Å². The van der Waals surface area contributed by atoms with Crippen molar-refractivity contribution in [2.45, 2.75) is 26.7 Å². The normalized spacial score (nSPS) is 10.3. The Hall–Kier alpha value is -2.74. The molecule has 1 aromatic carbocycles.